The van der Waals surface area contributed by atoms with Gasteiger partial charge in [-0.3, -0.25) is 4.79 Å². The number of amides is 1. The molecule has 27 heavy (non-hydrogen) atoms. The molecule has 1 fully saturated rings. The molecule has 2 unspecified atom stereocenters. The molecule has 2 atom stereocenters. The topological polar surface area (TPSA) is 41.4 Å². The zero-order valence-corrected chi connectivity index (χ0v) is 16.2. The molecule has 0 aliphatic carbocycles. The van der Waals surface area contributed by atoms with Gasteiger partial charge >= 0.3 is 0 Å². The summed E-state index contributed by atoms with van der Waals surface area (Å²) in [6.45, 7) is 6.45. The van der Waals surface area contributed by atoms with E-state index in [1.165, 1.54) is 5.56 Å². The Bertz CT molecular complexity index is 949. The number of imidazole rings is 1. The van der Waals surface area contributed by atoms with Crippen molar-refractivity contribution in [3.8, 4) is 0 Å². The summed E-state index contributed by atoms with van der Waals surface area (Å²) in [6, 6.07) is 18.2. The summed E-state index contributed by atoms with van der Waals surface area (Å²) >= 11 is 0. The van der Waals surface area contributed by atoms with E-state index in [4.69, 9.17) is 0 Å². The number of rotatable bonds is 3. The molecule has 1 aromatic heterocycles. The number of carbonyl (C=O) groups is 1. The van der Waals surface area contributed by atoms with Crippen LogP contribution < -0.4 is 0 Å². The third kappa shape index (κ3) is 3.23. The van der Waals surface area contributed by atoms with Gasteiger partial charge in [-0.05, 0) is 38.6 Å². The van der Waals surface area contributed by atoms with Crippen LogP contribution in [0.2, 0.25) is 0 Å². The van der Waals surface area contributed by atoms with Crippen LogP contribution in [0.3, 0.4) is 0 Å². The Hall–Kier alpha value is -2.66. The molecule has 1 amide bonds. The molecule has 0 bridgehead atoms. The van der Waals surface area contributed by atoms with Crippen LogP contribution in [0.25, 0.3) is 11.0 Å². The molecule has 0 N–H and O–H groups in total. The molecule has 140 valence electrons. The Morgan fingerprint density at radius 3 is 2.56 bits per heavy atom. The molecule has 1 aliphatic rings. The third-order valence-corrected chi connectivity index (χ3v) is 5.57. The zero-order chi connectivity index (χ0) is 19.0. The summed E-state index contributed by atoms with van der Waals surface area (Å²) in [5, 5.41) is 0. The Morgan fingerprint density at radius 2 is 1.78 bits per heavy atom. The largest absolute Gasteiger partial charge is 0.331 e. The first-order chi connectivity index (χ1) is 13.1. The van der Waals surface area contributed by atoms with E-state index in [0.717, 1.165) is 36.5 Å². The second kappa shape index (κ2) is 7.16. The highest BCUT2D eigenvalue weighted by molar-refractivity contribution is 5.84. The van der Waals surface area contributed by atoms with Gasteiger partial charge in [-0.25, -0.2) is 4.98 Å². The van der Waals surface area contributed by atoms with Crippen molar-refractivity contribution in [1.29, 1.82) is 0 Å². The first kappa shape index (κ1) is 17.7. The van der Waals surface area contributed by atoms with Crippen LogP contribution in [0.4, 0.5) is 0 Å². The molecule has 4 rings (SSSR count). The zero-order valence-electron chi connectivity index (χ0n) is 16.2. The molecule has 2 aromatic carbocycles. The minimum Gasteiger partial charge on any atom is -0.331 e. The highest BCUT2D eigenvalue weighted by Crippen LogP contribution is 2.29. The maximum absolute atomic E-state index is 13.5. The highest BCUT2D eigenvalue weighted by atomic mass is 16.2. The van der Waals surface area contributed by atoms with Crippen molar-refractivity contribution in [3.05, 3.63) is 66.0 Å². The fourth-order valence-electron chi connectivity index (χ4n) is 4.15. The summed E-state index contributed by atoms with van der Waals surface area (Å²) in [4.78, 5) is 22.5. The fourth-order valence-corrected chi connectivity index (χ4v) is 4.15. The van der Waals surface area contributed by atoms with Crippen LogP contribution >= 0.6 is 0 Å². The van der Waals surface area contributed by atoms with Gasteiger partial charge < -0.3 is 14.4 Å². The molecule has 2 heterocycles. The van der Waals surface area contributed by atoms with E-state index < -0.39 is 0 Å². The van der Waals surface area contributed by atoms with E-state index >= 15 is 0 Å². The molecular weight excluding hydrogens is 336 g/mol. The minimum atomic E-state index is -0.285. The van der Waals surface area contributed by atoms with Gasteiger partial charge in [0, 0.05) is 19.6 Å². The van der Waals surface area contributed by atoms with Gasteiger partial charge in [-0.15, -0.1) is 0 Å². The Labute approximate surface area is 160 Å². The molecular formula is C22H26N4O. The smallest absolute Gasteiger partial charge is 0.246 e. The molecule has 5 heteroatoms. The van der Waals surface area contributed by atoms with Gasteiger partial charge in [0.15, 0.2) is 0 Å². The van der Waals surface area contributed by atoms with Crippen molar-refractivity contribution < 1.29 is 4.79 Å². The maximum atomic E-state index is 13.5. The predicted octanol–water partition coefficient (Wildman–Crippen LogP) is 3.42. The van der Waals surface area contributed by atoms with E-state index in [1.54, 1.807) is 0 Å². The van der Waals surface area contributed by atoms with Crippen LogP contribution in [0.5, 0.6) is 0 Å². The normalized spacial score (nSPS) is 19.4. The quantitative estimate of drug-likeness (QED) is 0.717. The monoisotopic (exact) mass is 362 g/mol. The average Bonchev–Trinajstić information content (AvgIpc) is 3.03. The summed E-state index contributed by atoms with van der Waals surface area (Å²) in [6.07, 6.45) is 0. The van der Waals surface area contributed by atoms with Crippen molar-refractivity contribution in [2.24, 2.45) is 0 Å². The number of hydrogen-bond donors (Lipinski definition) is 0. The molecule has 0 radical (unpaired) electrons. The molecule has 0 saturated carbocycles. The van der Waals surface area contributed by atoms with Gasteiger partial charge in [-0.1, -0.05) is 42.5 Å². The first-order valence-corrected chi connectivity index (χ1v) is 9.54. The average molecular weight is 362 g/mol. The molecule has 0 spiro atoms. The fraction of sp³-hybridized carbons (Fsp3) is 0.364. The van der Waals surface area contributed by atoms with Crippen LogP contribution in [-0.4, -0.2) is 51.9 Å². The summed E-state index contributed by atoms with van der Waals surface area (Å²) < 4.78 is 2.07. The van der Waals surface area contributed by atoms with Crippen LogP contribution in [0.1, 0.15) is 30.4 Å². The number of fused-ring (bicyclic) bond motifs is 1. The van der Waals surface area contributed by atoms with Crippen LogP contribution in [0.15, 0.2) is 54.6 Å². The van der Waals surface area contributed by atoms with Crippen molar-refractivity contribution in [1.82, 2.24) is 19.4 Å². The summed E-state index contributed by atoms with van der Waals surface area (Å²) in [7, 11) is 2.12. The Kier molecular flexibility index (Phi) is 4.70. The minimum absolute atomic E-state index is 0.0787. The number of carbonyl (C=O) groups excluding carboxylic acids is 1. The first-order valence-electron chi connectivity index (χ1n) is 9.54. The van der Waals surface area contributed by atoms with Crippen molar-refractivity contribution in [3.63, 3.8) is 0 Å². The highest BCUT2D eigenvalue weighted by Gasteiger charge is 2.33. The van der Waals surface area contributed by atoms with Gasteiger partial charge in [0.25, 0.3) is 0 Å². The van der Waals surface area contributed by atoms with Gasteiger partial charge in [0.2, 0.25) is 5.91 Å². The van der Waals surface area contributed by atoms with Crippen molar-refractivity contribution in [2.75, 3.05) is 26.7 Å². The SMILES string of the molecule is Cc1nc2ccccc2n1C(C)C(=O)N1CCN(C)CC1c1ccccc1. The second-order valence-electron chi connectivity index (χ2n) is 7.41. The van der Waals surface area contributed by atoms with Gasteiger partial charge in [0.1, 0.15) is 11.9 Å². The number of nitrogens with zero attached hydrogens (tertiary/aromatic N) is 4. The number of para-hydroxylation sites is 2. The molecule has 1 aliphatic heterocycles. The summed E-state index contributed by atoms with van der Waals surface area (Å²) in [5.74, 6) is 1.03. The van der Waals surface area contributed by atoms with Crippen LogP contribution in [0, 0.1) is 6.92 Å². The number of hydrogen-bond acceptors (Lipinski definition) is 3. The number of piperazine rings is 1. The van der Waals surface area contributed by atoms with Crippen LogP contribution in [-0.2, 0) is 4.79 Å². The number of aryl methyl sites for hydroxylation is 1. The van der Waals surface area contributed by atoms with E-state index in [0.29, 0.717) is 0 Å². The maximum Gasteiger partial charge on any atom is 0.246 e. The molecule has 1 saturated heterocycles. The number of aromatic nitrogens is 2. The second-order valence-corrected chi connectivity index (χ2v) is 7.41. The number of benzene rings is 2. The summed E-state index contributed by atoms with van der Waals surface area (Å²) in [5.41, 5.74) is 3.14. The predicted molar refractivity (Wildman–Crippen MR) is 108 cm³/mol. The third-order valence-electron chi connectivity index (χ3n) is 5.57. The lowest BCUT2D eigenvalue weighted by molar-refractivity contribution is -0.139. The Balaban J connectivity index is 1.68. The van der Waals surface area contributed by atoms with E-state index in [-0.39, 0.29) is 18.0 Å². The van der Waals surface area contributed by atoms with Crippen molar-refractivity contribution >= 4 is 16.9 Å². The Morgan fingerprint density at radius 1 is 1.07 bits per heavy atom. The van der Waals surface area contributed by atoms with Crippen molar-refractivity contribution in [2.45, 2.75) is 25.9 Å². The lowest BCUT2D eigenvalue weighted by atomic mass is 10.0. The molecule has 5 nitrogen and oxygen atoms in total. The molecule has 3 aromatic rings. The van der Waals surface area contributed by atoms with Gasteiger partial charge in [0.05, 0.1) is 17.1 Å². The lowest BCUT2D eigenvalue weighted by Gasteiger charge is -2.41. The van der Waals surface area contributed by atoms with E-state index in [1.807, 2.05) is 61.2 Å². The van der Waals surface area contributed by atoms with Gasteiger partial charge in [-0.2, -0.15) is 0 Å². The van der Waals surface area contributed by atoms with E-state index in [2.05, 4.69) is 33.6 Å². The standard InChI is InChI=1S/C22H26N4O/c1-16(26-17(2)23-19-11-7-8-12-20(19)26)22(27)25-14-13-24(3)15-21(25)18-9-5-4-6-10-18/h4-12,16,21H,13-15H2,1-3H3. The number of likely N-dealkylation sites (N-methyl/N-ethyl adjacent to an activating group) is 1. The van der Waals surface area contributed by atoms with E-state index in [9.17, 15) is 4.79 Å². The lowest BCUT2D eigenvalue weighted by Crippen LogP contribution is -2.51.